The van der Waals surface area contributed by atoms with Crippen LogP contribution in [-0.2, 0) is 19.4 Å². The molecule has 2 saturated carbocycles. The molecule has 6 rings (SSSR count). The van der Waals surface area contributed by atoms with E-state index in [2.05, 4.69) is 59.5 Å². The van der Waals surface area contributed by atoms with Crippen molar-refractivity contribution < 1.29 is 5.11 Å². The van der Waals surface area contributed by atoms with Crippen LogP contribution in [0.1, 0.15) is 50.8 Å². The van der Waals surface area contributed by atoms with E-state index >= 15 is 0 Å². The van der Waals surface area contributed by atoms with Gasteiger partial charge in [0.25, 0.3) is 0 Å². The maximum Gasteiger partial charge on any atom is 0.0958 e. The van der Waals surface area contributed by atoms with Crippen LogP contribution in [0.2, 0.25) is 0 Å². The van der Waals surface area contributed by atoms with Crippen LogP contribution in [0.3, 0.4) is 0 Å². The van der Waals surface area contributed by atoms with Crippen LogP contribution in [-0.4, -0.2) is 31.5 Å². The minimum Gasteiger partial charge on any atom is -0.396 e. The Labute approximate surface area is 196 Å². The molecule has 3 aromatic rings. The molecule has 0 saturated heterocycles. The zero-order valence-electron chi connectivity index (χ0n) is 19.9. The molecule has 5 heteroatoms. The van der Waals surface area contributed by atoms with Crippen molar-refractivity contribution in [3.05, 3.63) is 60.2 Å². The molecule has 33 heavy (non-hydrogen) atoms. The summed E-state index contributed by atoms with van der Waals surface area (Å²) in [4.78, 5) is 4.70. The van der Waals surface area contributed by atoms with E-state index < -0.39 is 0 Å². The third kappa shape index (κ3) is 3.08. The van der Waals surface area contributed by atoms with Gasteiger partial charge < -0.3 is 9.67 Å². The minimum absolute atomic E-state index is 0.0535. The fourth-order valence-corrected chi connectivity index (χ4v) is 8.06. The fourth-order valence-electron chi connectivity index (χ4n) is 8.06. The van der Waals surface area contributed by atoms with Gasteiger partial charge in [-0.1, -0.05) is 38.1 Å². The summed E-state index contributed by atoms with van der Waals surface area (Å²) < 4.78 is 2.39. The molecule has 3 aliphatic rings. The van der Waals surface area contributed by atoms with Crippen LogP contribution in [0.5, 0.6) is 0 Å². The number of nitrogens with zero attached hydrogens (tertiary/aromatic N) is 3. The third-order valence-corrected chi connectivity index (χ3v) is 10.2. The van der Waals surface area contributed by atoms with Crippen LogP contribution < -0.4 is 0 Å². The molecule has 6 atom stereocenters. The largest absolute Gasteiger partial charge is 0.396 e. The number of nitrogens with one attached hydrogen (secondary N) is 1. The number of allylic oxidation sites excluding steroid dienone is 1. The Morgan fingerprint density at radius 3 is 2.91 bits per heavy atom. The Kier molecular flexibility index (Phi) is 4.84. The predicted molar refractivity (Wildman–Crippen MR) is 131 cm³/mol. The third-order valence-electron chi connectivity index (χ3n) is 10.2. The highest BCUT2D eigenvalue weighted by Crippen LogP contribution is 2.63. The summed E-state index contributed by atoms with van der Waals surface area (Å²) in [5.74, 6) is 1.97. The van der Waals surface area contributed by atoms with Crippen molar-refractivity contribution in [2.45, 2.75) is 58.9 Å². The van der Waals surface area contributed by atoms with E-state index in [1.165, 1.54) is 41.6 Å². The molecule has 0 aliphatic heterocycles. The van der Waals surface area contributed by atoms with Gasteiger partial charge in [-0.25, -0.2) is 4.98 Å². The summed E-state index contributed by atoms with van der Waals surface area (Å²) in [5, 5.41) is 18.1. The number of aromatic nitrogens is 4. The number of rotatable bonds is 4. The van der Waals surface area contributed by atoms with Gasteiger partial charge in [-0.15, -0.1) is 0 Å². The Morgan fingerprint density at radius 1 is 1.21 bits per heavy atom. The van der Waals surface area contributed by atoms with Gasteiger partial charge in [0.05, 0.1) is 23.6 Å². The summed E-state index contributed by atoms with van der Waals surface area (Å²) in [7, 11) is 0. The maximum absolute atomic E-state index is 10.5. The van der Waals surface area contributed by atoms with Crippen molar-refractivity contribution >= 4 is 11.0 Å². The highest BCUT2D eigenvalue weighted by Gasteiger charge is 2.56. The minimum atomic E-state index is 0.0535. The monoisotopic (exact) mass is 444 g/mol. The summed E-state index contributed by atoms with van der Waals surface area (Å²) in [6, 6.07) is 8.49. The first-order chi connectivity index (χ1) is 15.9. The van der Waals surface area contributed by atoms with Gasteiger partial charge >= 0.3 is 0 Å². The van der Waals surface area contributed by atoms with E-state index in [9.17, 15) is 5.11 Å². The smallest absolute Gasteiger partial charge is 0.0958 e. The molecular weight excluding hydrogens is 408 g/mol. The molecule has 0 bridgehead atoms. The number of imidazole rings is 1. The Balaban J connectivity index is 1.43. The van der Waals surface area contributed by atoms with Gasteiger partial charge in [0.2, 0.25) is 0 Å². The van der Waals surface area contributed by atoms with Crippen molar-refractivity contribution in [2.24, 2.45) is 34.5 Å². The quantitative estimate of drug-likeness (QED) is 0.546. The number of fused-ring (bicyclic) bond motifs is 3. The Bertz CT molecular complexity index is 1190. The average Bonchev–Trinajstić information content (AvgIpc) is 3.51. The average molecular weight is 445 g/mol. The lowest BCUT2D eigenvalue weighted by molar-refractivity contribution is -0.0621. The first kappa shape index (κ1) is 21.2. The molecule has 5 nitrogen and oxygen atoms in total. The van der Waals surface area contributed by atoms with Crippen LogP contribution in [0.4, 0.5) is 0 Å². The molecule has 2 aromatic heterocycles. The van der Waals surface area contributed by atoms with Crippen molar-refractivity contribution in [3.8, 4) is 0 Å². The Hall–Kier alpha value is -2.40. The standard InChI is InChI=1S/C28H36N4O/c1-18-8-9-22-21(15-32-17-29-24-6-4-5-7-26(24)32)23(10-11-27(18,22)2)28(3)13-19-14-30-31-25(19)12-20(28)16-33/h4-7,14,17,20-23,33H,1,8-13,15-16H2,2-3H3,(H,30,31)/t20-,21+,22+,23+,27-,28+/m1/s1. The first-order valence-electron chi connectivity index (χ1n) is 12.6. The topological polar surface area (TPSA) is 66.7 Å². The van der Waals surface area contributed by atoms with Crippen LogP contribution in [0, 0.1) is 34.5 Å². The highest BCUT2D eigenvalue weighted by molar-refractivity contribution is 5.74. The second kappa shape index (κ2) is 7.56. The van der Waals surface area contributed by atoms with Gasteiger partial charge in [-0.05, 0) is 90.7 Å². The normalized spacial score (nSPS) is 36.2. The number of benzene rings is 1. The van der Waals surface area contributed by atoms with Crippen LogP contribution in [0.15, 0.2) is 48.9 Å². The van der Waals surface area contributed by atoms with Gasteiger partial charge in [-0.3, -0.25) is 5.10 Å². The maximum atomic E-state index is 10.5. The number of para-hydroxylation sites is 2. The molecule has 1 aromatic carbocycles. The van der Waals surface area contributed by atoms with E-state index in [4.69, 9.17) is 4.98 Å². The summed E-state index contributed by atoms with van der Waals surface area (Å²) in [5.41, 5.74) is 6.61. The zero-order valence-corrected chi connectivity index (χ0v) is 19.9. The first-order valence-corrected chi connectivity index (χ1v) is 12.6. The van der Waals surface area contributed by atoms with E-state index in [1.807, 2.05) is 12.5 Å². The SMILES string of the molecule is C=C1CC[C@H]2[C@H](Cn3cnc4ccccc43)[C@@H]([C@@]3(C)Cc4cn[nH]c4C[C@@H]3CO)CC[C@]12C. The molecule has 2 fully saturated rings. The van der Waals surface area contributed by atoms with E-state index in [1.54, 1.807) is 0 Å². The molecule has 0 radical (unpaired) electrons. The summed E-state index contributed by atoms with van der Waals surface area (Å²) >= 11 is 0. The predicted octanol–water partition coefficient (Wildman–Crippen LogP) is 5.17. The number of aliphatic hydroxyl groups excluding tert-OH is 1. The number of H-pyrrole nitrogens is 1. The van der Waals surface area contributed by atoms with Gasteiger partial charge in [0, 0.05) is 18.8 Å². The van der Waals surface area contributed by atoms with Crippen molar-refractivity contribution in [1.82, 2.24) is 19.7 Å². The number of aromatic amines is 1. The van der Waals surface area contributed by atoms with E-state index in [0.717, 1.165) is 31.3 Å². The Morgan fingerprint density at radius 2 is 2.06 bits per heavy atom. The molecule has 0 spiro atoms. The summed E-state index contributed by atoms with van der Waals surface area (Å²) in [6.07, 6.45) is 10.8. The van der Waals surface area contributed by atoms with Crippen molar-refractivity contribution in [1.29, 1.82) is 0 Å². The number of hydrogen-bond donors (Lipinski definition) is 2. The molecule has 174 valence electrons. The van der Waals surface area contributed by atoms with E-state index in [0.29, 0.717) is 17.8 Å². The fraction of sp³-hybridized carbons (Fsp3) is 0.571. The molecule has 2 heterocycles. The molecule has 2 N–H and O–H groups in total. The number of aliphatic hydroxyl groups is 1. The molecular formula is C28H36N4O. The van der Waals surface area contributed by atoms with Crippen molar-refractivity contribution in [3.63, 3.8) is 0 Å². The summed E-state index contributed by atoms with van der Waals surface area (Å²) in [6.45, 7) is 10.7. The second-order valence-corrected chi connectivity index (χ2v) is 11.5. The van der Waals surface area contributed by atoms with E-state index in [-0.39, 0.29) is 23.4 Å². The van der Waals surface area contributed by atoms with Crippen molar-refractivity contribution in [2.75, 3.05) is 6.61 Å². The van der Waals surface area contributed by atoms with Gasteiger partial charge in [-0.2, -0.15) is 5.10 Å². The van der Waals surface area contributed by atoms with Crippen LogP contribution in [0.25, 0.3) is 11.0 Å². The highest BCUT2D eigenvalue weighted by atomic mass is 16.3. The lowest BCUT2D eigenvalue weighted by Crippen LogP contribution is -2.52. The zero-order chi connectivity index (χ0) is 22.8. The molecule has 0 amide bonds. The lowest BCUT2D eigenvalue weighted by atomic mass is 9.49. The second-order valence-electron chi connectivity index (χ2n) is 11.5. The molecule has 0 unspecified atom stereocenters. The lowest BCUT2D eigenvalue weighted by Gasteiger charge is -2.56. The van der Waals surface area contributed by atoms with Gasteiger partial charge in [0.15, 0.2) is 0 Å². The molecule has 3 aliphatic carbocycles. The van der Waals surface area contributed by atoms with Gasteiger partial charge in [0.1, 0.15) is 0 Å². The number of hydrogen-bond acceptors (Lipinski definition) is 3. The van der Waals surface area contributed by atoms with Crippen LogP contribution >= 0.6 is 0 Å².